The molecule has 1 heterocycles. The minimum atomic E-state index is -0.691. The maximum absolute atomic E-state index is 9.79. The van der Waals surface area contributed by atoms with Crippen LogP contribution < -0.4 is 0 Å². The van der Waals surface area contributed by atoms with Crippen LogP contribution in [0.25, 0.3) is 10.9 Å². The highest BCUT2D eigenvalue weighted by atomic mass is 16.3. The molecule has 0 aliphatic heterocycles. The van der Waals surface area contributed by atoms with E-state index in [2.05, 4.69) is 4.98 Å². The first-order chi connectivity index (χ1) is 7.72. The third-order valence-corrected chi connectivity index (χ3v) is 2.97. The molecule has 0 aliphatic rings. The second kappa shape index (κ2) is 4.68. The maximum atomic E-state index is 9.79. The van der Waals surface area contributed by atoms with E-state index in [-0.39, 0.29) is 0 Å². The van der Waals surface area contributed by atoms with Gasteiger partial charge in [-0.3, -0.25) is 0 Å². The van der Waals surface area contributed by atoms with Gasteiger partial charge in [0.05, 0.1) is 12.2 Å². The third kappa shape index (κ3) is 2.10. The van der Waals surface area contributed by atoms with Crippen molar-refractivity contribution in [1.82, 2.24) is 4.98 Å². The number of H-pyrrole nitrogens is 1. The molecule has 2 unspecified atom stereocenters. The molecule has 0 saturated carbocycles. The first kappa shape index (κ1) is 11.2. The summed E-state index contributed by atoms with van der Waals surface area (Å²) in [5.74, 6) is 0. The van der Waals surface area contributed by atoms with Crippen molar-refractivity contribution >= 4 is 10.9 Å². The summed E-state index contributed by atoms with van der Waals surface area (Å²) in [6, 6.07) is 7.97. The number of benzene rings is 1. The summed E-state index contributed by atoms with van der Waals surface area (Å²) < 4.78 is 0. The highest BCUT2D eigenvalue weighted by Crippen LogP contribution is 2.20. The second-order valence-corrected chi connectivity index (χ2v) is 4.11. The first-order valence-electron chi connectivity index (χ1n) is 5.63. The van der Waals surface area contributed by atoms with Crippen LogP contribution in [0.3, 0.4) is 0 Å². The number of rotatable bonds is 4. The number of para-hydroxylation sites is 1. The van der Waals surface area contributed by atoms with E-state index in [0.29, 0.717) is 12.8 Å². The average molecular weight is 219 g/mol. The zero-order valence-electron chi connectivity index (χ0n) is 9.35. The van der Waals surface area contributed by atoms with Crippen LogP contribution in [0.2, 0.25) is 0 Å². The van der Waals surface area contributed by atoms with E-state index < -0.39 is 12.2 Å². The second-order valence-electron chi connectivity index (χ2n) is 4.11. The van der Waals surface area contributed by atoms with Gasteiger partial charge in [0.1, 0.15) is 0 Å². The topological polar surface area (TPSA) is 56.2 Å². The van der Waals surface area contributed by atoms with E-state index >= 15 is 0 Å². The van der Waals surface area contributed by atoms with Crippen molar-refractivity contribution in [2.45, 2.75) is 32.0 Å². The van der Waals surface area contributed by atoms with E-state index in [9.17, 15) is 10.2 Å². The van der Waals surface area contributed by atoms with Crippen molar-refractivity contribution in [3.8, 4) is 0 Å². The first-order valence-corrected chi connectivity index (χ1v) is 5.63. The highest BCUT2D eigenvalue weighted by molar-refractivity contribution is 5.83. The molecule has 3 nitrogen and oxygen atoms in total. The SMILES string of the molecule is CCC(O)C(O)Cc1c[nH]c2ccccc12. The molecular formula is C13H17NO2. The quantitative estimate of drug-likeness (QED) is 0.735. The van der Waals surface area contributed by atoms with E-state index in [1.165, 1.54) is 0 Å². The van der Waals surface area contributed by atoms with Crippen molar-refractivity contribution in [3.63, 3.8) is 0 Å². The largest absolute Gasteiger partial charge is 0.390 e. The Morgan fingerprint density at radius 2 is 1.94 bits per heavy atom. The maximum Gasteiger partial charge on any atom is 0.0840 e. The molecule has 2 aromatic rings. The molecule has 1 aromatic carbocycles. The van der Waals surface area contributed by atoms with Gasteiger partial charge in [0.25, 0.3) is 0 Å². The minimum absolute atomic E-state index is 0.485. The Balaban J connectivity index is 2.21. The molecule has 16 heavy (non-hydrogen) atoms. The molecule has 0 radical (unpaired) electrons. The van der Waals surface area contributed by atoms with Crippen molar-refractivity contribution in [3.05, 3.63) is 36.0 Å². The van der Waals surface area contributed by atoms with Crippen LogP contribution in [0.4, 0.5) is 0 Å². The van der Waals surface area contributed by atoms with Gasteiger partial charge < -0.3 is 15.2 Å². The summed E-state index contributed by atoms with van der Waals surface area (Å²) in [6.45, 7) is 1.86. The summed E-state index contributed by atoms with van der Waals surface area (Å²) in [6.07, 6.45) is 1.62. The molecule has 0 aliphatic carbocycles. The number of hydrogen-bond donors (Lipinski definition) is 3. The zero-order valence-corrected chi connectivity index (χ0v) is 9.35. The van der Waals surface area contributed by atoms with Crippen LogP contribution in [0.1, 0.15) is 18.9 Å². The fourth-order valence-electron chi connectivity index (χ4n) is 1.93. The fraction of sp³-hybridized carbons (Fsp3) is 0.385. The lowest BCUT2D eigenvalue weighted by Crippen LogP contribution is -2.27. The van der Waals surface area contributed by atoms with Gasteiger partial charge in [-0.05, 0) is 18.1 Å². The summed E-state index contributed by atoms with van der Waals surface area (Å²) in [7, 11) is 0. The van der Waals surface area contributed by atoms with Crippen molar-refractivity contribution in [2.75, 3.05) is 0 Å². The molecule has 2 atom stereocenters. The number of aromatic amines is 1. The number of hydrogen-bond acceptors (Lipinski definition) is 2. The van der Waals surface area contributed by atoms with E-state index in [4.69, 9.17) is 0 Å². The Morgan fingerprint density at radius 1 is 1.19 bits per heavy atom. The molecule has 86 valence electrons. The number of aliphatic hydroxyl groups is 2. The molecule has 3 heteroatoms. The van der Waals surface area contributed by atoms with Crippen LogP contribution in [-0.4, -0.2) is 27.4 Å². The number of fused-ring (bicyclic) bond motifs is 1. The molecule has 0 saturated heterocycles. The summed E-state index contributed by atoms with van der Waals surface area (Å²) >= 11 is 0. The molecule has 1 aromatic heterocycles. The van der Waals surface area contributed by atoms with Crippen LogP contribution >= 0.6 is 0 Å². The Hall–Kier alpha value is -1.32. The van der Waals surface area contributed by atoms with Gasteiger partial charge in [0, 0.05) is 23.5 Å². The monoisotopic (exact) mass is 219 g/mol. The van der Waals surface area contributed by atoms with Crippen LogP contribution in [0, 0.1) is 0 Å². The molecule has 0 amide bonds. The number of nitrogens with one attached hydrogen (secondary N) is 1. The third-order valence-electron chi connectivity index (χ3n) is 2.97. The summed E-state index contributed by atoms with van der Waals surface area (Å²) in [5.41, 5.74) is 2.12. The van der Waals surface area contributed by atoms with Crippen LogP contribution in [0.5, 0.6) is 0 Å². The lowest BCUT2D eigenvalue weighted by Gasteiger charge is -2.15. The molecule has 0 bridgehead atoms. The Morgan fingerprint density at radius 3 is 2.69 bits per heavy atom. The van der Waals surface area contributed by atoms with E-state index in [0.717, 1.165) is 16.5 Å². The van der Waals surface area contributed by atoms with Gasteiger partial charge in [-0.25, -0.2) is 0 Å². The summed E-state index contributed by atoms with van der Waals surface area (Å²) in [4.78, 5) is 3.16. The van der Waals surface area contributed by atoms with Gasteiger partial charge in [-0.15, -0.1) is 0 Å². The smallest absolute Gasteiger partial charge is 0.0840 e. The highest BCUT2D eigenvalue weighted by Gasteiger charge is 2.16. The van der Waals surface area contributed by atoms with E-state index in [1.807, 2.05) is 37.4 Å². The zero-order chi connectivity index (χ0) is 11.5. The molecule has 2 rings (SSSR count). The predicted octanol–water partition coefficient (Wildman–Crippen LogP) is 1.84. The minimum Gasteiger partial charge on any atom is -0.390 e. The van der Waals surface area contributed by atoms with Gasteiger partial charge in [-0.2, -0.15) is 0 Å². The molecule has 3 N–H and O–H groups in total. The van der Waals surface area contributed by atoms with Gasteiger partial charge in [-0.1, -0.05) is 25.1 Å². The lowest BCUT2D eigenvalue weighted by atomic mass is 10.0. The van der Waals surface area contributed by atoms with Gasteiger partial charge in [0.15, 0.2) is 0 Å². The Kier molecular flexibility index (Phi) is 3.27. The van der Waals surface area contributed by atoms with Crippen molar-refractivity contribution in [1.29, 1.82) is 0 Å². The molecule has 0 spiro atoms. The molecule has 0 fully saturated rings. The molecular weight excluding hydrogens is 202 g/mol. The van der Waals surface area contributed by atoms with Crippen molar-refractivity contribution in [2.24, 2.45) is 0 Å². The summed E-state index contributed by atoms with van der Waals surface area (Å²) in [5, 5.41) is 20.4. The van der Waals surface area contributed by atoms with Crippen LogP contribution in [0.15, 0.2) is 30.5 Å². The van der Waals surface area contributed by atoms with Crippen LogP contribution in [-0.2, 0) is 6.42 Å². The standard InChI is InChI=1S/C13H17NO2/c1-2-12(15)13(16)7-9-8-14-11-6-4-3-5-10(9)11/h3-6,8,12-16H,2,7H2,1H3. The fourth-order valence-corrected chi connectivity index (χ4v) is 1.93. The van der Waals surface area contributed by atoms with Gasteiger partial charge in [0.2, 0.25) is 0 Å². The normalized spacial score (nSPS) is 15.2. The number of aliphatic hydroxyl groups excluding tert-OH is 2. The Labute approximate surface area is 94.7 Å². The van der Waals surface area contributed by atoms with Crippen molar-refractivity contribution < 1.29 is 10.2 Å². The van der Waals surface area contributed by atoms with Gasteiger partial charge >= 0.3 is 0 Å². The average Bonchev–Trinajstić information content (AvgIpc) is 2.72. The number of aromatic nitrogens is 1. The Bertz CT molecular complexity index is 464. The van der Waals surface area contributed by atoms with E-state index in [1.54, 1.807) is 0 Å². The predicted molar refractivity (Wildman–Crippen MR) is 64.3 cm³/mol. The lowest BCUT2D eigenvalue weighted by molar-refractivity contribution is 0.0183.